The predicted molar refractivity (Wildman–Crippen MR) is 51.9 cm³/mol. The minimum atomic E-state index is -0.307. The Labute approximate surface area is 87.6 Å². The van der Waals surface area contributed by atoms with Gasteiger partial charge in [0.15, 0.2) is 0 Å². The lowest BCUT2D eigenvalue weighted by Gasteiger charge is -2.10. The highest BCUT2D eigenvalue weighted by Gasteiger charge is 2.04. The zero-order valence-electron chi connectivity index (χ0n) is 6.47. The van der Waals surface area contributed by atoms with Crippen LogP contribution < -0.4 is 10.6 Å². The van der Waals surface area contributed by atoms with Crippen LogP contribution in [-0.4, -0.2) is 11.1 Å². The first-order valence-corrected chi connectivity index (χ1v) is 4.74. The Hall–Kier alpha value is -0.610. The smallest absolute Gasteiger partial charge is 0.139 e. The SMILES string of the molecule is Fc1cc2c(cc1Br)=CN(Cl)CN=2. The second kappa shape index (κ2) is 3.27. The Balaban J connectivity index is 2.75. The van der Waals surface area contributed by atoms with Crippen molar-refractivity contribution in [3.63, 3.8) is 0 Å². The fourth-order valence-electron chi connectivity index (χ4n) is 1.13. The quantitative estimate of drug-likeness (QED) is 0.646. The maximum atomic E-state index is 13.0. The highest BCUT2D eigenvalue weighted by molar-refractivity contribution is 9.10. The monoisotopic (exact) mass is 262 g/mol. The summed E-state index contributed by atoms with van der Waals surface area (Å²) in [6.45, 7) is 0.357. The third kappa shape index (κ3) is 1.69. The standard InChI is InChI=1S/C8H5BrClFN2/c9-6-1-5-3-13(10)4-12-8(5)2-7(6)11/h1-3H,4H2. The van der Waals surface area contributed by atoms with E-state index in [1.807, 2.05) is 0 Å². The number of hydrogen-bond acceptors (Lipinski definition) is 2. The Kier molecular flexibility index (Phi) is 2.26. The molecule has 5 heteroatoms. The fraction of sp³-hybridized carbons (Fsp3) is 0.125. The summed E-state index contributed by atoms with van der Waals surface area (Å²) in [5.74, 6) is -0.307. The van der Waals surface area contributed by atoms with E-state index in [0.29, 0.717) is 16.5 Å². The molecule has 0 saturated carbocycles. The van der Waals surface area contributed by atoms with E-state index in [0.717, 1.165) is 5.22 Å². The van der Waals surface area contributed by atoms with Gasteiger partial charge in [-0.15, -0.1) is 0 Å². The van der Waals surface area contributed by atoms with Crippen molar-refractivity contribution in [3.8, 4) is 0 Å². The number of fused-ring (bicyclic) bond motifs is 1. The average molecular weight is 263 g/mol. The first kappa shape index (κ1) is 8.97. The van der Waals surface area contributed by atoms with Crippen molar-refractivity contribution in [1.29, 1.82) is 0 Å². The molecule has 68 valence electrons. The Bertz CT molecular complexity index is 460. The van der Waals surface area contributed by atoms with Crippen LogP contribution in [0.1, 0.15) is 0 Å². The molecule has 0 aliphatic carbocycles. The van der Waals surface area contributed by atoms with E-state index in [4.69, 9.17) is 11.8 Å². The van der Waals surface area contributed by atoms with Crippen molar-refractivity contribution in [1.82, 2.24) is 4.42 Å². The Morgan fingerprint density at radius 2 is 2.31 bits per heavy atom. The summed E-state index contributed by atoms with van der Waals surface area (Å²) in [6.07, 6.45) is 1.72. The van der Waals surface area contributed by atoms with Crippen LogP contribution >= 0.6 is 27.7 Å². The molecule has 2 nitrogen and oxygen atoms in total. The molecule has 0 amide bonds. The summed E-state index contributed by atoms with van der Waals surface area (Å²) >= 11 is 8.81. The molecule has 1 aliphatic heterocycles. The molecule has 0 radical (unpaired) electrons. The molecule has 0 atom stereocenters. The summed E-state index contributed by atoms with van der Waals surface area (Å²) in [5.41, 5.74) is 0. The molecule has 0 aromatic heterocycles. The van der Waals surface area contributed by atoms with E-state index in [1.165, 1.54) is 10.5 Å². The maximum Gasteiger partial charge on any atom is 0.139 e. The lowest BCUT2D eigenvalue weighted by Crippen LogP contribution is -2.33. The van der Waals surface area contributed by atoms with Gasteiger partial charge in [0.25, 0.3) is 0 Å². The summed E-state index contributed by atoms with van der Waals surface area (Å²) < 4.78 is 14.9. The number of hydrogen-bond donors (Lipinski definition) is 0. The minimum absolute atomic E-state index is 0.307. The van der Waals surface area contributed by atoms with Crippen LogP contribution in [0.15, 0.2) is 21.6 Å². The van der Waals surface area contributed by atoms with Gasteiger partial charge < -0.3 is 0 Å². The van der Waals surface area contributed by atoms with Gasteiger partial charge in [0.1, 0.15) is 12.5 Å². The fourth-order valence-corrected chi connectivity index (χ4v) is 1.65. The van der Waals surface area contributed by atoms with Gasteiger partial charge in [0.2, 0.25) is 0 Å². The topological polar surface area (TPSA) is 15.6 Å². The molecule has 0 N–H and O–H groups in total. The molecule has 0 unspecified atom stereocenters. The molecule has 0 spiro atoms. The summed E-state index contributed by atoms with van der Waals surface area (Å²) in [7, 11) is 0. The number of rotatable bonds is 0. The van der Waals surface area contributed by atoms with Gasteiger partial charge in [-0.3, -0.25) is 9.41 Å². The maximum absolute atomic E-state index is 13.0. The number of halogens is 3. The number of benzene rings is 1. The summed E-state index contributed by atoms with van der Waals surface area (Å²) in [4.78, 5) is 4.08. The molecule has 2 rings (SSSR count). The van der Waals surface area contributed by atoms with E-state index < -0.39 is 0 Å². The van der Waals surface area contributed by atoms with E-state index in [2.05, 4.69) is 20.9 Å². The van der Waals surface area contributed by atoms with E-state index in [9.17, 15) is 4.39 Å². The van der Waals surface area contributed by atoms with E-state index in [1.54, 1.807) is 12.3 Å². The zero-order chi connectivity index (χ0) is 9.42. The second-order valence-corrected chi connectivity index (χ2v) is 3.94. The Morgan fingerprint density at radius 1 is 1.54 bits per heavy atom. The van der Waals surface area contributed by atoms with Gasteiger partial charge >= 0.3 is 0 Å². The summed E-state index contributed by atoms with van der Waals surface area (Å²) in [6, 6.07) is 3.04. The van der Waals surface area contributed by atoms with Crippen LogP contribution in [0.3, 0.4) is 0 Å². The van der Waals surface area contributed by atoms with E-state index in [-0.39, 0.29) is 5.82 Å². The molecule has 0 bridgehead atoms. The normalized spacial score (nSPS) is 14.5. The summed E-state index contributed by atoms with van der Waals surface area (Å²) in [5, 5.41) is 1.45. The van der Waals surface area contributed by atoms with Crippen molar-refractivity contribution in [2.75, 3.05) is 6.67 Å². The van der Waals surface area contributed by atoms with E-state index >= 15 is 0 Å². The third-order valence-electron chi connectivity index (χ3n) is 1.72. The second-order valence-electron chi connectivity index (χ2n) is 2.65. The van der Waals surface area contributed by atoms with Crippen LogP contribution in [0, 0.1) is 5.82 Å². The molecular weight excluding hydrogens is 258 g/mol. The first-order valence-electron chi connectivity index (χ1n) is 3.60. The van der Waals surface area contributed by atoms with Crippen molar-refractivity contribution in [2.24, 2.45) is 4.99 Å². The third-order valence-corrected chi connectivity index (χ3v) is 2.54. The van der Waals surface area contributed by atoms with Crippen LogP contribution in [0.5, 0.6) is 0 Å². The van der Waals surface area contributed by atoms with Crippen molar-refractivity contribution in [3.05, 3.63) is 33.0 Å². The largest absolute Gasteiger partial charge is 0.271 e. The van der Waals surface area contributed by atoms with Gasteiger partial charge in [-0.1, -0.05) is 0 Å². The molecule has 0 saturated heterocycles. The van der Waals surface area contributed by atoms with Gasteiger partial charge in [0, 0.05) is 29.3 Å². The van der Waals surface area contributed by atoms with Crippen LogP contribution in [0.2, 0.25) is 0 Å². The van der Waals surface area contributed by atoms with Crippen molar-refractivity contribution >= 4 is 33.9 Å². The van der Waals surface area contributed by atoms with Crippen LogP contribution in [0.4, 0.5) is 4.39 Å². The van der Waals surface area contributed by atoms with Gasteiger partial charge in [-0.05, 0) is 22.0 Å². The molecule has 1 aliphatic rings. The van der Waals surface area contributed by atoms with Gasteiger partial charge in [0.05, 0.1) is 9.83 Å². The van der Waals surface area contributed by atoms with Crippen LogP contribution in [-0.2, 0) is 0 Å². The zero-order valence-corrected chi connectivity index (χ0v) is 8.81. The minimum Gasteiger partial charge on any atom is -0.271 e. The van der Waals surface area contributed by atoms with Crippen LogP contribution in [0.25, 0.3) is 6.20 Å². The lowest BCUT2D eigenvalue weighted by molar-refractivity contribution is 0.607. The molecule has 0 fully saturated rings. The molecule has 1 aromatic carbocycles. The molecule has 1 aromatic rings. The lowest BCUT2D eigenvalue weighted by atomic mass is 10.3. The van der Waals surface area contributed by atoms with Crippen molar-refractivity contribution < 1.29 is 4.39 Å². The molecule has 1 heterocycles. The molecular formula is C8H5BrClFN2. The highest BCUT2D eigenvalue weighted by atomic mass is 79.9. The predicted octanol–water partition coefficient (Wildman–Crippen LogP) is 1.37. The Morgan fingerprint density at radius 3 is 3.08 bits per heavy atom. The first-order chi connectivity index (χ1) is 6.16. The van der Waals surface area contributed by atoms with Gasteiger partial charge in [-0.2, -0.15) is 0 Å². The molecule has 13 heavy (non-hydrogen) atoms. The average Bonchev–Trinajstić information content (AvgIpc) is 2.08. The van der Waals surface area contributed by atoms with Crippen molar-refractivity contribution in [2.45, 2.75) is 0 Å². The highest BCUT2D eigenvalue weighted by Crippen LogP contribution is 2.10. The number of nitrogens with zero attached hydrogens (tertiary/aromatic N) is 2. The van der Waals surface area contributed by atoms with Gasteiger partial charge in [-0.25, -0.2) is 4.39 Å².